The van der Waals surface area contributed by atoms with Crippen molar-refractivity contribution < 1.29 is 9.53 Å². The molecule has 96 valence electrons. The summed E-state index contributed by atoms with van der Waals surface area (Å²) in [4.78, 5) is 12.2. The number of rotatable bonds is 5. The minimum Gasteiger partial charge on any atom is -0.379 e. The highest BCUT2D eigenvalue weighted by atomic mass is 16.5. The Bertz CT molecular complexity index is 161. The van der Waals surface area contributed by atoms with E-state index >= 15 is 0 Å². The Hall–Kier alpha value is -0.490. The molecule has 5 nitrogen and oxygen atoms in total. The maximum Gasteiger partial charge on any atom is 0.136 e. The van der Waals surface area contributed by atoms with Gasteiger partial charge in [0.15, 0.2) is 0 Å². The molecule has 1 rings (SSSR count). The molecule has 0 aromatic rings. The summed E-state index contributed by atoms with van der Waals surface area (Å²) >= 11 is 0. The number of unbranched alkanes of at least 4 members (excludes halogenated alkanes) is 1. The van der Waals surface area contributed by atoms with Crippen molar-refractivity contribution in [3.05, 3.63) is 0 Å². The van der Waals surface area contributed by atoms with Gasteiger partial charge in [-0.3, -0.25) is 0 Å². The minimum absolute atomic E-state index is 0.281. The molecular formula is C11H25N3O2. The van der Waals surface area contributed by atoms with Gasteiger partial charge in [-0.25, -0.2) is 0 Å². The van der Waals surface area contributed by atoms with Crippen LogP contribution in [0.2, 0.25) is 0 Å². The van der Waals surface area contributed by atoms with Gasteiger partial charge in [-0.15, -0.1) is 0 Å². The molecule has 0 bridgehead atoms. The van der Waals surface area contributed by atoms with E-state index in [2.05, 4.69) is 11.9 Å². The number of hydrogen-bond acceptors (Lipinski definition) is 5. The molecule has 0 aromatic heterocycles. The van der Waals surface area contributed by atoms with Crippen molar-refractivity contribution in [1.29, 1.82) is 0 Å². The SMILES string of the molecule is CN1CCOCC1.NCCCCC(N)C=O. The van der Waals surface area contributed by atoms with E-state index in [0.29, 0.717) is 6.54 Å². The minimum atomic E-state index is -0.281. The van der Waals surface area contributed by atoms with Crippen molar-refractivity contribution in [2.45, 2.75) is 25.3 Å². The summed E-state index contributed by atoms with van der Waals surface area (Å²) in [5.74, 6) is 0. The summed E-state index contributed by atoms with van der Waals surface area (Å²) < 4.78 is 5.10. The molecule has 1 aliphatic rings. The molecule has 1 unspecified atom stereocenters. The molecule has 0 aliphatic carbocycles. The van der Waals surface area contributed by atoms with Crippen molar-refractivity contribution in [3.63, 3.8) is 0 Å². The number of carbonyl (C=O) groups is 1. The van der Waals surface area contributed by atoms with Gasteiger partial charge in [-0.05, 0) is 26.4 Å². The maximum absolute atomic E-state index is 9.94. The van der Waals surface area contributed by atoms with Crippen molar-refractivity contribution in [1.82, 2.24) is 4.90 Å². The first-order valence-corrected chi connectivity index (χ1v) is 5.88. The van der Waals surface area contributed by atoms with Crippen LogP contribution in [-0.2, 0) is 9.53 Å². The first-order valence-electron chi connectivity index (χ1n) is 5.88. The number of morpholine rings is 1. The molecule has 1 atom stereocenters. The van der Waals surface area contributed by atoms with Gasteiger partial charge < -0.3 is 25.9 Å². The Morgan fingerprint density at radius 3 is 2.38 bits per heavy atom. The van der Waals surface area contributed by atoms with E-state index in [4.69, 9.17) is 16.2 Å². The van der Waals surface area contributed by atoms with Crippen LogP contribution in [0.25, 0.3) is 0 Å². The summed E-state index contributed by atoms with van der Waals surface area (Å²) in [6, 6.07) is -0.281. The van der Waals surface area contributed by atoms with Gasteiger partial charge in [0.25, 0.3) is 0 Å². The van der Waals surface area contributed by atoms with Crippen molar-refractivity contribution in [2.75, 3.05) is 39.9 Å². The molecule has 1 heterocycles. The first-order chi connectivity index (χ1) is 7.70. The Morgan fingerprint density at radius 1 is 1.38 bits per heavy atom. The van der Waals surface area contributed by atoms with Crippen LogP contribution in [0.1, 0.15) is 19.3 Å². The van der Waals surface area contributed by atoms with Crippen molar-refractivity contribution in [2.24, 2.45) is 11.5 Å². The van der Waals surface area contributed by atoms with Crippen LogP contribution in [0.3, 0.4) is 0 Å². The van der Waals surface area contributed by atoms with Gasteiger partial charge in [0, 0.05) is 13.1 Å². The average molecular weight is 231 g/mol. The van der Waals surface area contributed by atoms with Crippen molar-refractivity contribution in [3.8, 4) is 0 Å². The van der Waals surface area contributed by atoms with Crippen molar-refractivity contribution >= 4 is 6.29 Å². The van der Waals surface area contributed by atoms with Gasteiger partial charge in [0.1, 0.15) is 6.29 Å². The molecule has 0 amide bonds. The second kappa shape index (κ2) is 11.0. The Balaban J connectivity index is 0.000000288. The molecule has 5 heteroatoms. The van der Waals surface area contributed by atoms with Crippen LogP contribution in [0.5, 0.6) is 0 Å². The van der Waals surface area contributed by atoms with Crippen LogP contribution in [0, 0.1) is 0 Å². The monoisotopic (exact) mass is 231 g/mol. The Kier molecular flexibility index (Phi) is 10.7. The van der Waals surface area contributed by atoms with Crippen LogP contribution in [0.4, 0.5) is 0 Å². The van der Waals surface area contributed by atoms with E-state index in [1.165, 1.54) is 0 Å². The van der Waals surface area contributed by atoms with Gasteiger partial charge in [0.05, 0.1) is 19.3 Å². The number of nitrogens with zero attached hydrogens (tertiary/aromatic N) is 1. The lowest BCUT2D eigenvalue weighted by atomic mass is 10.1. The normalized spacial score (nSPS) is 18.4. The molecule has 0 saturated carbocycles. The molecule has 1 saturated heterocycles. The Labute approximate surface area is 98.1 Å². The first kappa shape index (κ1) is 15.5. The smallest absolute Gasteiger partial charge is 0.136 e. The lowest BCUT2D eigenvalue weighted by Gasteiger charge is -2.21. The fourth-order valence-electron chi connectivity index (χ4n) is 1.25. The predicted molar refractivity (Wildman–Crippen MR) is 65.3 cm³/mol. The van der Waals surface area contributed by atoms with E-state index < -0.39 is 0 Å². The highest BCUT2D eigenvalue weighted by Crippen LogP contribution is 1.94. The van der Waals surface area contributed by atoms with E-state index in [1.807, 2.05) is 0 Å². The third-order valence-electron chi connectivity index (χ3n) is 2.40. The fraction of sp³-hybridized carbons (Fsp3) is 0.909. The topological polar surface area (TPSA) is 81.6 Å². The lowest BCUT2D eigenvalue weighted by molar-refractivity contribution is -0.109. The summed E-state index contributed by atoms with van der Waals surface area (Å²) in [5.41, 5.74) is 10.5. The number of likely N-dealkylation sites (N-methyl/N-ethyl adjacent to an activating group) is 1. The van der Waals surface area contributed by atoms with E-state index in [-0.39, 0.29) is 6.04 Å². The highest BCUT2D eigenvalue weighted by molar-refractivity contribution is 5.56. The highest BCUT2D eigenvalue weighted by Gasteiger charge is 2.02. The summed E-state index contributed by atoms with van der Waals surface area (Å²) in [5, 5.41) is 0. The van der Waals surface area contributed by atoms with E-state index in [1.54, 1.807) is 0 Å². The van der Waals surface area contributed by atoms with Gasteiger partial charge in [-0.1, -0.05) is 6.42 Å². The van der Waals surface area contributed by atoms with E-state index in [0.717, 1.165) is 51.9 Å². The number of hydrogen-bond donors (Lipinski definition) is 2. The number of carbonyl (C=O) groups excluding carboxylic acids is 1. The van der Waals surface area contributed by atoms with Gasteiger partial charge in [-0.2, -0.15) is 0 Å². The second-order valence-electron chi connectivity index (χ2n) is 4.00. The maximum atomic E-state index is 9.94. The second-order valence-corrected chi connectivity index (χ2v) is 4.00. The molecular weight excluding hydrogens is 206 g/mol. The summed E-state index contributed by atoms with van der Waals surface area (Å²) in [7, 11) is 2.11. The fourth-order valence-corrected chi connectivity index (χ4v) is 1.25. The number of ether oxygens (including phenoxy) is 1. The third-order valence-corrected chi connectivity index (χ3v) is 2.40. The summed E-state index contributed by atoms with van der Waals surface area (Å²) in [6.45, 7) is 4.71. The molecule has 1 fully saturated rings. The van der Waals surface area contributed by atoms with Crippen LogP contribution in [0.15, 0.2) is 0 Å². The third kappa shape index (κ3) is 10.0. The molecule has 0 spiro atoms. The van der Waals surface area contributed by atoms with Crippen LogP contribution < -0.4 is 11.5 Å². The van der Waals surface area contributed by atoms with Gasteiger partial charge >= 0.3 is 0 Å². The Morgan fingerprint density at radius 2 is 2.00 bits per heavy atom. The zero-order valence-corrected chi connectivity index (χ0v) is 10.2. The average Bonchev–Trinajstić information content (AvgIpc) is 2.31. The molecule has 0 radical (unpaired) electrons. The lowest BCUT2D eigenvalue weighted by Crippen LogP contribution is -2.32. The molecule has 16 heavy (non-hydrogen) atoms. The quantitative estimate of drug-likeness (QED) is 0.496. The molecule has 1 aliphatic heterocycles. The van der Waals surface area contributed by atoms with Crippen LogP contribution in [-0.4, -0.2) is 57.1 Å². The standard InChI is InChI=1S/C6H14N2O.C5H11NO/c7-4-2-1-3-6(8)5-9;1-6-2-4-7-5-3-6/h5-6H,1-4,7-8H2;2-5H2,1H3. The number of nitrogens with two attached hydrogens (primary N) is 2. The largest absolute Gasteiger partial charge is 0.379 e. The predicted octanol–water partition coefficient (Wildman–Crippen LogP) is -0.410. The summed E-state index contributed by atoms with van der Waals surface area (Å²) in [6.07, 6.45) is 3.45. The molecule has 4 N–H and O–H groups in total. The zero-order chi connectivity index (χ0) is 12.2. The van der Waals surface area contributed by atoms with Gasteiger partial charge in [0.2, 0.25) is 0 Å². The van der Waals surface area contributed by atoms with E-state index in [9.17, 15) is 4.79 Å². The molecule has 0 aromatic carbocycles. The zero-order valence-electron chi connectivity index (χ0n) is 10.2. The number of aldehydes is 1. The van der Waals surface area contributed by atoms with Crippen LogP contribution >= 0.6 is 0 Å².